The van der Waals surface area contributed by atoms with Gasteiger partial charge in [-0.3, -0.25) is 9.59 Å². The summed E-state index contributed by atoms with van der Waals surface area (Å²) in [5.74, 6) is 0.521. The van der Waals surface area contributed by atoms with Crippen molar-refractivity contribution in [2.24, 2.45) is 5.41 Å². The number of amides is 2. The number of halogens is 1. The van der Waals surface area contributed by atoms with Crippen molar-refractivity contribution >= 4 is 39.9 Å². The minimum absolute atomic E-state index is 0.0318. The maximum atomic E-state index is 12.9. The van der Waals surface area contributed by atoms with Gasteiger partial charge < -0.3 is 19.9 Å². The quantitative estimate of drug-likeness (QED) is 0.669. The average Bonchev–Trinajstić information content (AvgIpc) is 3.25. The van der Waals surface area contributed by atoms with Crippen molar-refractivity contribution in [2.45, 2.75) is 32.6 Å². The molecule has 2 fully saturated rings. The van der Waals surface area contributed by atoms with E-state index in [1.54, 1.807) is 0 Å². The first-order valence-electron chi connectivity index (χ1n) is 11.4. The lowest BCUT2D eigenvalue weighted by molar-refractivity contribution is -0.134. The van der Waals surface area contributed by atoms with E-state index in [0.29, 0.717) is 43.9 Å². The molecule has 4 rings (SSSR count). The number of benzene rings is 1. The molecule has 0 aliphatic carbocycles. The minimum atomic E-state index is -0.0318. The van der Waals surface area contributed by atoms with Gasteiger partial charge in [0.05, 0.1) is 31.9 Å². The predicted octanol–water partition coefficient (Wildman–Crippen LogP) is 3.65. The van der Waals surface area contributed by atoms with Gasteiger partial charge in [0.2, 0.25) is 11.8 Å². The Kier molecular flexibility index (Phi) is 7.56. The number of hydrogen-bond donors (Lipinski definition) is 1. The number of ether oxygens (including phenoxy) is 1. The van der Waals surface area contributed by atoms with Crippen molar-refractivity contribution in [2.75, 3.05) is 51.3 Å². The zero-order valence-corrected chi connectivity index (χ0v) is 20.8. The molecule has 1 unspecified atom stereocenters. The van der Waals surface area contributed by atoms with Gasteiger partial charge in [-0.1, -0.05) is 37.6 Å². The highest BCUT2D eigenvalue weighted by Gasteiger charge is 2.38. The van der Waals surface area contributed by atoms with Crippen LogP contribution in [0.15, 0.2) is 29.6 Å². The van der Waals surface area contributed by atoms with Crippen LogP contribution in [0.3, 0.4) is 0 Å². The largest absolute Gasteiger partial charge is 0.378 e. The molecule has 2 aliphatic heterocycles. The Morgan fingerprint density at radius 2 is 1.88 bits per heavy atom. The van der Waals surface area contributed by atoms with E-state index < -0.39 is 0 Å². The number of likely N-dealkylation sites (tertiary alicyclic amines) is 1. The molecule has 2 saturated heterocycles. The van der Waals surface area contributed by atoms with Gasteiger partial charge in [0.15, 0.2) is 5.13 Å². The Morgan fingerprint density at radius 1 is 1.15 bits per heavy atom. The third kappa shape index (κ3) is 6.05. The zero-order chi connectivity index (χ0) is 23.4. The van der Waals surface area contributed by atoms with Crippen molar-refractivity contribution in [1.29, 1.82) is 0 Å². The second kappa shape index (κ2) is 10.4. The van der Waals surface area contributed by atoms with Gasteiger partial charge in [-0.25, -0.2) is 4.98 Å². The molecule has 178 valence electrons. The van der Waals surface area contributed by atoms with Crippen LogP contribution in [0.25, 0.3) is 0 Å². The van der Waals surface area contributed by atoms with Gasteiger partial charge in [-0.05, 0) is 35.4 Å². The molecule has 7 nitrogen and oxygen atoms in total. The molecule has 1 aromatic heterocycles. The lowest BCUT2D eigenvalue weighted by atomic mass is 9.70. The summed E-state index contributed by atoms with van der Waals surface area (Å²) in [5, 5.41) is 6.44. The number of nitrogens with one attached hydrogen (secondary N) is 1. The zero-order valence-electron chi connectivity index (χ0n) is 19.2. The molecule has 1 atom stereocenters. The molecule has 3 heterocycles. The van der Waals surface area contributed by atoms with Crippen molar-refractivity contribution < 1.29 is 14.3 Å². The molecular formula is C24H31ClN4O3S. The molecule has 1 aromatic carbocycles. The van der Waals surface area contributed by atoms with Crippen LogP contribution in [-0.2, 0) is 20.7 Å². The normalized spacial score (nSPS) is 20.5. The lowest BCUT2D eigenvalue weighted by Gasteiger charge is -2.44. The van der Waals surface area contributed by atoms with Gasteiger partial charge in [0.1, 0.15) is 0 Å². The molecule has 2 aromatic rings. The molecule has 2 aliphatic rings. The summed E-state index contributed by atoms with van der Waals surface area (Å²) in [7, 11) is 0. The van der Waals surface area contributed by atoms with Gasteiger partial charge in [-0.2, -0.15) is 0 Å². The predicted molar refractivity (Wildman–Crippen MR) is 131 cm³/mol. The number of carbonyl (C=O) groups is 2. The summed E-state index contributed by atoms with van der Waals surface area (Å²) >= 11 is 7.47. The Labute approximate surface area is 204 Å². The third-order valence-corrected chi connectivity index (χ3v) is 7.59. The molecule has 2 amide bonds. The molecular weight excluding hydrogens is 460 g/mol. The van der Waals surface area contributed by atoms with E-state index >= 15 is 0 Å². The Hall–Kier alpha value is -2.16. The number of carbonyl (C=O) groups excluding carboxylic acids is 2. The minimum Gasteiger partial charge on any atom is -0.378 e. The van der Waals surface area contributed by atoms with E-state index in [2.05, 4.69) is 36.3 Å². The molecule has 0 radical (unpaired) electrons. The summed E-state index contributed by atoms with van der Waals surface area (Å²) in [6, 6.07) is 8.06. The lowest BCUT2D eigenvalue weighted by Crippen LogP contribution is -2.48. The molecule has 0 saturated carbocycles. The summed E-state index contributed by atoms with van der Waals surface area (Å²) in [5.41, 5.74) is 1.98. The summed E-state index contributed by atoms with van der Waals surface area (Å²) in [6.07, 6.45) is 1.20. The Morgan fingerprint density at radius 3 is 2.58 bits per heavy atom. The highest BCUT2D eigenvalue weighted by atomic mass is 35.5. The van der Waals surface area contributed by atoms with Crippen molar-refractivity contribution in [1.82, 2.24) is 14.8 Å². The van der Waals surface area contributed by atoms with Crippen LogP contribution in [0.4, 0.5) is 5.13 Å². The Balaban J connectivity index is 1.27. The fourth-order valence-corrected chi connectivity index (χ4v) is 5.53. The monoisotopic (exact) mass is 490 g/mol. The van der Waals surface area contributed by atoms with Crippen molar-refractivity contribution in [3.05, 3.63) is 45.9 Å². The molecule has 33 heavy (non-hydrogen) atoms. The van der Waals surface area contributed by atoms with Crippen LogP contribution in [0.1, 0.15) is 37.4 Å². The van der Waals surface area contributed by atoms with E-state index in [0.717, 1.165) is 23.7 Å². The SMILES string of the molecule is CC1(C)CN(C(=O)CNc2nc(CC(=O)N3CCOCC3)cs2)CCC1c1ccc(Cl)cc1. The van der Waals surface area contributed by atoms with Crippen molar-refractivity contribution in [3.63, 3.8) is 0 Å². The number of anilines is 1. The van der Waals surface area contributed by atoms with Crippen LogP contribution in [0.2, 0.25) is 5.02 Å². The van der Waals surface area contributed by atoms with E-state index in [1.165, 1.54) is 16.9 Å². The fourth-order valence-electron chi connectivity index (χ4n) is 4.69. The van der Waals surface area contributed by atoms with Gasteiger partial charge in [0.25, 0.3) is 0 Å². The van der Waals surface area contributed by atoms with E-state index in [4.69, 9.17) is 16.3 Å². The van der Waals surface area contributed by atoms with Crippen LogP contribution in [0.5, 0.6) is 0 Å². The first-order valence-corrected chi connectivity index (χ1v) is 12.6. The number of morpholine rings is 1. The smallest absolute Gasteiger partial charge is 0.241 e. The highest BCUT2D eigenvalue weighted by Crippen LogP contribution is 2.42. The van der Waals surface area contributed by atoms with Gasteiger partial charge in [0, 0.05) is 36.6 Å². The number of nitrogens with zero attached hydrogens (tertiary/aromatic N) is 3. The third-order valence-electron chi connectivity index (χ3n) is 6.49. The summed E-state index contributed by atoms with van der Waals surface area (Å²) < 4.78 is 5.30. The van der Waals surface area contributed by atoms with Crippen LogP contribution < -0.4 is 5.32 Å². The van der Waals surface area contributed by atoms with Crippen LogP contribution in [0, 0.1) is 5.41 Å². The number of rotatable bonds is 6. The van der Waals surface area contributed by atoms with Gasteiger partial charge >= 0.3 is 0 Å². The molecule has 0 spiro atoms. The first-order chi connectivity index (χ1) is 15.8. The second-order valence-corrected chi connectivity index (χ2v) is 10.7. The van der Waals surface area contributed by atoms with E-state index in [1.807, 2.05) is 27.3 Å². The summed E-state index contributed by atoms with van der Waals surface area (Å²) in [6.45, 7) is 8.52. The fraction of sp³-hybridized carbons (Fsp3) is 0.542. The maximum Gasteiger partial charge on any atom is 0.241 e. The number of thiazole rings is 1. The first kappa shape index (κ1) is 24.0. The topological polar surface area (TPSA) is 74.8 Å². The van der Waals surface area contributed by atoms with E-state index in [9.17, 15) is 9.59 Å². The van der Waals surface area contributed by atoms with Crippen LogP contribution >= 0.6 is 22.9 Å². The second-order valence-electron chi connectivity index (χ2n) is 9.36. The molecule has 0 bridgehead atoms. The number of hydrogen-bond acceptors (Lipinski definition) is 6. The highest BCUT2D eigenvalue weighted by molar-refractivity contribution is 7.13. The van der Waals surface area contributed by atoms with Crippen molar-refractivity contribution in [3.8, 4) is 0 Å². The summed E-state index contributed by atoms with van der Waals surface area (Å²) in [4.78, 5) is 33.5. The maximum absolute atomic E-state index is 12.9. The average molecular weight is 491 g/mol. The molecule has 9 heteroatoms. The number of piperidine rings is 1. The number of aromatic nitrogens is 1. The standard InChI is InChI=1S/C24H31ClN4O3S/c1-24(2)16-29(8-7-20(24)17-3-5-18(25)6-4-17)22(31)14-26-23-27-19(15-33-23)13-21(30)28-9-11-32-12-10-28/h3-6,15,20H,7-14,16H2,1-2H3,(H,26,27). The Bertz CT molecular complexity index is 972. The molecule has 1 N–H and O–H groups in total. The van der Waals surface area contributed by atoms with Gasteiger partial charge in [-0.15, -0.1) is 11.3 Å². The van der Waals surface area contributed by atoms with Crippen LogP contribution in [-0.4, -0.2) is 72.5 Å². The van der Waals surface area contributed by atoms with E-state index in [-0.39, 0.29) is 30.2 Å².